The lowest BCUT2D eigenvalue weighted by Crippen LogP contribution is -2.34. The van der Waals surface area contributed by atoms with E-state index in [1.165, 1.54) is 0 Å². The van der Waals surface area contributed by atoms with Crippen LogP contribution in [0.15, 0.2) is 30.3 Å². The first-order valence-electron chi connectivity index (χ1n) is 5.47. The second-order valence-electron chi connectivity index (χ2n) is 3.63. The Kier molecular flexibility index (Phi) is 6.06. The molecule has 1 amide bonds. The van der Waals surface area contributed by atoms with Crippen molar-refractivity contribution in [2.75, 3.05) is 20.3 Å². The minimum absolute atomic E-state index is 0.0722. The highest BCUT2D eigenvalue weighted by atomic mass is 16.6. The molecular formula is C12H18N2O3. The van der Waals surface area contributed by atoms with Crippen LogP contribution in [0.2, 0.25) is 0 Å². The largest absolute Gasteiger partial charge is 0.412 e. The van der Waals surface area contributed by atoms with Gasteiger partial charge in [-0.15, -0.1) is 0 Å². The van der Waals surface area contributed by atoms with Crippen LogP contribution in [-0.4, -0.2) is 32.4 Å². The van der Waals surface area contributed by atoms with Gasteiger partial charge in [-0.3, -0.25) is 0 Å². The van der Waals surface area contributed by atoms with Gasteiger partial charge in [0.15, 0.2) is 0 Å². The predicted molar refractivity (Wildman–Crippen MR) is 64.9 cm³/mol. The summed E-state index contributed by atoms with van der Waals surface area (Å²) < 4.78 is 9.92. The number of nitrogens with two attached hydrogens (primary N) is 1. The summed E-state index contributed by atoms with van der Waals surface area (Å²) >= 11 is 0. The third-order valence-electron chi connectivity index (χ3n) is 2.12. The molecule has 5 heteroatoms. The number of carbonyl (C=O) groups is 1. The molecule has 3 N–H and O–H groups in total. The summed E-state index contributed by atoms with van der Waals surface area (Å²) in [5, 5.41) is 2.62. The van der Waals surface area contributed by atoms with E-state index in [1.807, 2.05) is 6.07 Å². The fourth-order valence-corrected chi connectivity index (χ4v) is 1.29. The number of methoxy groups -OCH3 is 1. The maximum atomic E-state index is 11.3. The maximum Gasteiger partial charge on any atom is 0.412 e. The van der Waals surface area contributed by atoms with Crippen LogP contribution < -0.4 is 15.8 Å². The van der Waals surface area contributed by atoms with Crippen molar-refractivity contribution < 1.29 is 14.3 Å². The third kappa shape index (κ3) is 5.89. The summed E-state index contributed by atoms with van der Waals surface area (Å²) in [6, 6.07) is 8.83. The van der Waals surface area contributed by atoms with E-state index in [1.54, 1.807) is 31.4 Å². The van der Waals surface area contributed by atoms with Crippen LogP contribution in [0.1, 0.15) is 6.42 Å². The van der Waals surface area contributed by atoms with E-state index in [0.29, 0.717) is 25.3 Å². The molecule has 1 aromatic carbocycles. The topological polar surface area (TPSA) is 73.6 Å². The highest BCUT2D eigenvalue weighted by Gasteiger charge is 2.05. The Hall–Kier alpha value is -1.59. The van der Waals surface area contributed by atoms with Gasteiger partial charge in [-0.25, -0.2) is 4.79 Å². The first kappa shape index (κ1) is 13.5. The number of rotatable bonds is 6. The molecular weight excluding hydrogens is 220 g/mol. The molecule has 0 aliphatic rings. The van der Waals surface area contributed by atoms with E-state index >= 15 is 0 Å². The van der Waals surface area contributed by atoms with Crippen LogP contribution in [0.25, 0.3) is 0 Å². The van der Waals surface area contributed by atoms with Crippen molar-refractivity contribution in [3.63, 3.8) is 0 Å². The summed E-state index contributed by atoms with van der Waals surface area (Å²) in [6.07, 6.45) is 0.179. The second-order valence-corrected chi connectivity index (χ2v) is 3.63. The Balaban J connectivity index is 2.18. The van der Waals surface area contributed by atoms with Crippen molar-refractivity contribution in [1.29, 1.82) is 0 Å². The Labute approximate surface area is 101 Å². The SMILES string of the molecule is COCC(N)CCNC(=O)Oc1ccccc1. The Bertz CT molecular complexity index is 330. The van der Waals surface area contributed by atoms with E-state index in [0.717, 1.165) is 0 Å². The lowest BCUT2D eigenvalue weighted by atomic mass is 10.2. The van der Waals surface area contributed by atoms with Gasteiger partial charge in [0.25, 0.3) is 0 Å². The van der Waals surface area contributed by atoms with E-state index in [-0.39, 0.29) is 6.04 Å². The van der Waals surface area contributed by atoms with Crippen molar-refractivity contribution >= 4 is 6.09 Å². The molecule has 1 atom stereocenters. The number of para-hydroxylation sites is 1. The molecule has 17 heavy (non-hydrogen) atoms. The third-order valence-corrected chi connectivity index (χ3v) is 2.12. The molecule has 0 aliphatic carbocycles. The molecule has 1 aromatic rings. The molecule has 0 saturated heterocycles. The van der Waals surface area contributed by atoms with Crippen molar-refractivity contribution in [3.05, 3.63) is 30.3 Å². The van der Waals surface area contributed by atoms with E-state index < -0.39 is 6.09 Å². The van der Waals surface area contributed by atoms with E-state index in [2.05, 4.69) is 5.32 Å². The number of carbonyl (C=O) groups excluding carboxylic acids is 1. The van der Waals surface area contributed by atoms with Crippen LogP contribution in [0.5, 0.6) is 5.75 Å². The van der Waals surface area contributed by atoms with Crippen LogP contribution >= 0.6 is 0 Å². The van der Waals surface area contributed by atoms with Crippen LogP contribution in [0, 0.1) is 0 Å². The Morgan fingerprint density at radius 2 is 2.12 bits per heavy atom. The zero-order chi connectivity index (χ0) is 12.5. The molecule has 0 spiro atoms. The number of benzene rings is 1. The first-order valence-corrected chi connectivity index (χ1v) is 5.47. The van der Waals surface area contributed by atoms with Gasteiger partial charge in [0, 0.05) is 19.7 Å². The van der Waals surface area contributed by atoms with E-state index in [4.69, 9.17) is 15.2 Å². The molecule has 1 unspecified atom stereocenters. The minimum atomic E-state index is -0.471. The van der Waals surface area contributed by atoms with Crippen molar-refractivity contribution in [1.82, 2.24) is 5.32 Å². The summed E-state index contributed by atoms with van der Waals surface area (Å²) in [5.74, 6) is 0.520. The fourth-order valence-electron chi connectivity index (χ4n) is 1.29. The van der Waals surface area contributed by atoms with E-state index in [9.17, 15) is 4.79 Å². The first-order chi connectivity index (χ1) is 8.22. The predicted octanol–water partition coefficient (Wildman–Crippen LogP) is 1.14. The maximum absolute atomic E-state index is 11.3. The summed E-state index contributed by atoms with van der Waals surface area (Å²) in [5.41, 5.74) is 5.71. The lowest BCUT2D eigenvalue weighted by molar-refractivity contribution is 0.174. The molecule has 94 valence electrons. The van der Waals surface area contributed by atoms with Crippen molar-refractivity contribution in [2.45, 2.75) is 12.5 Å². The molecule has 0 bridgehead atoms. The van der Waals surface area contributed by atoms with Gasteiger partial charge < -0.3 is 20.5 Å². The molecule has 0 aliphatic heterocycles. The van der Waals surface area contributed by atoms with Gasteiger partial charge in [0.2, 0.25) is 0 Å². The quantitative estimate of drug-likeness (QED) is 0.779. The summed E-state index contributed by atoms with van der Waals surface area (Å²) in [4.78, 5) is 11.3. The monoisotopic (exact) mass is 238 g/mol. The van der Waals surface area contributed by atoms with Crippen LogP contribution in [0.3, 0.4) is 0 Å². The fraction of sp³-hybridized carbons (Fsp3) is 0.417. The lowest BCUT2D eigenvalue weighted by Gasteiger charge is -2.10. The zero-order valence-electron chi connectivity index (χ0n) is 9.89. The van der Waals surface area contributed by atoms with Crippen LogP contribution in [0.4, 0.5) is 4.79 Å². The molecule has 0 radical (unpaired) electrons. The van der Waals surface area contributed by atoms with Gasteiger partial charge >= 0.3 is 6.09 Å². The molecule has 0 aromatic heterocycles. The number of hydrogen-bond donors (Lipinski definition) is 2. The molecule has 1 rings (SSSR count). The second kappa shape index (κ2) is 7.65. The normalized spacial score (nSPS) is 11.9. The van der Waals surface area contributed by atoms with Gasteiger partial charge in [-0.05, 0) is 18.6 Å². The standard InChI is InChI=1S/C12H18N2O3/c1-16-9-10(13)7-8-14-12(15)17-11-5-3-2-4-6-11/h2-6,10H,7-9,13H2,1H3,(H,14,15). The molecule has 0 fully saturated rings. The molecule has 5 nitrogen and oxygen atoms in total. The van der Waals surface area contributed by atoms with Gasteiger partial charge in [-0.1, -0.05) is 18.2 Å². The Morgan fingerprint density at radius 1 is 1.41 bits per heavy atom. The molecule has 0 saturated carbocycles. The smallest absolute Gasteiger partial charge is 0.410 e. The van der Waals surface area contributed by atoms with Gasteiger partial charge in [0.1, 0.15) is 5.75 Å². The Morgan fingerprint density at radius 3 is 2.76 bits per heavy atom. The van der Waals surface area contributed by atoms with Crippen LogP contribution in [-0.2, 0) is 4.74 Å². The number of ether oxygens (including phenoxy) is 2. The average molecular weight is 238 g/mol. The number of nitrogens with one attached hydrogen (secondary N) is 1. The van der Waals surface area contributed by atoms with Crippen molar-refractivity contribution in [2.24, 2.45) is 5.73 Å². The van der Waals surface area contributed by atoms with Gasteiger partial charge in [0.05, 0.1) is 6.61 Å². The number of hydrogen-bond acceptors (Lipinski definition) is 4. The van der Waals surface area contributed by atoms with Crippen molar-refractivity contribution in [3.8, 4) is 5.75 Å². The highest BCUT2D eigenvalue weighted by Crippen LogP contribution is 2.07. The van der Waals surface area contributed by atoms with Gasteiger partial charge in [-0.2, -0.15) is 0 Å². The summed E-state index contributed by atoms with van der Waals surface area (Å²) in [6.45, 7) is 0.950. The summed E-state index contributed by atoms with van der Waals surface area (Å²) in [7, 11) is 1.59. The zero-order valence-corrected chi connectivity index (χ0v) is 9.89. The highest BCUT2D eigenvalue weighted by molar-refractivity contribution is 5.70. The minimum Gasteiger partial charge on any atom is -0.410 e. The molecule has 0 heterocycles. The average Bonchev–Trinajstić information content (AvgIpc) is 2.30. The number of amides is 1.